The summed E-state index contributed by atoms with van der Waals surface area (Å²) in [6, 6.07) is 12.5. The summed E-state index contributed by atoms with van der Waals surface area (Å²) in [4.78, 5) is 40.3. The number of benzene rings is 3. The van der Waals surface area contributed by atoms with Crippen molar-refractivity contribution in [3.8, 4) is 0 Å². The molecule has 0 unspecified atom stereocenters. The van der Waals surface area contributed by atoms with Crippen molar-refractivity contribution in [2.24, 2.45) is 0 Å². The number of carbonyl (C=O) groups is 3. The molecule has 0 aliphatic carbocycles. The summed E-state index contributed by atoms with van der Waals surface area (Å²) in [7, 11) is 0. The molecule has 1 heterocycles. The minimum Gasteiger partial charge on any atom is -0.480 e. The van der Waals surface area contributed by atoms with Gasteiger partial charge in [-0.15, -0.1) is 0 Å². The van der Waals surface area contributed by atoms with Gasteiger partial charge in [0, 0.05) is 29.6 Å². The largest absolute Gasteiger partial charge is 0.480 e. The number of rotatable bonds is 7. The Hall–Kier alpha value is -4.44. The molecule has 1 aromatic heterocycles. The van der Waals surface area contributed by atoms with Crippen LogP contribution in [0, 0.1) is 11.6 Å². The number of aliphatic carboxylic acids is 1. The normalized spacial score (nSPS) is 11.6. The third kappa shape index (κ3) is 5.44. The Kier molecular flexibility index (Phi) is 7.16. The van der Waals surface area contributed by atoms with Crippen LogP contribution in [-0.4, -0.2) is 34.0 Å². The molecule has 4 aromatic rings. The smallest absolute Gasteiger partial charge is 0.326 e. The molecule has 0 aliphatic rings. The number of hydrogen-bond donors (Lipinski definition) is 5. The minimum atomic E-state index is -1.39. The van der Waals surface area contributed by atoms with Gasteiger partial charge < -0.3 is 26.0 Å². The number of carboxylic acids is 1. The second kappa shape index (κ2) is 10.4. The standard InChI is InChI=1S/C25H19ClF2N4O4/c26-16-6-2-4-8-20(16)31-25(36)32-21-11-18(28)17(27)10-15(21)23(33)30-22(24(34)35)9-13-12-29-19-7-3-1-5-14(13)19/h1-8,10-12,22,29H,9H2,(H,30,33)(H,34,35)(H2,31,32,36)/t22-/m0/s1. The van der Waals surface area contributed by atoms with Gasteiger partial charge in [-0.05, 0) is 29.8 Å². The van der Waals surface area contributed by atoms with Crippen molar-refractivity contribution >= 4 is 51.8 Å². The number of urea groups is 1. The average molecular weight is 513 g/mol. The maximum Gasteiger partial charge on any atom is 0.326 e. The van der Waals surface area contributed by atoms with Crippen LogP contribution in [-0.2, 0) is 11.2 Å². The lowest BCUT2D eigenvalue weighted by molar-refractivity contribution is -0.139. The van der Waals surface area contributed by atoms with E-state index in [4.69, 9.17) is 11.6 Å². The number of halogens is 3. The van der Waals surface area contributed by atoms with Crippen LogP contribution in [0.15, 0.2) is 66.9 Å². The maximum absolute atomic E-state index is 14.0. The zero-order valence-electron chi connectivity index (χ0n) is 18.4. The van der Waals surface area contributed by atoms with E-state index < -0.39 is 41.1 Å². The molecule has 0 aliphatic heterocycles. The number of carbonyl (C=O) groups excluding carboxylic acids is 2. The second-order valence-corrected chi connectivity index (χ2v) is 8.21. The van der Waals surface area contributed by atoms with Crippen LogP contribution in [0.5, 0.6) is 0 Å². The SMILES string of the molecule is O=C(Nc1ccccc1Cl)Nc1cc(F)c(F)cc1C(=O)N[C@@H](Cc1c[nH]c2ccccc12)C(=O)O. The van der Waals surface area contributed by atoms with Gasteiger partial charge in [0.25, 0.3) is 5.91 Å². The number of anilines is 2. The highest BCUT2D eigenvalue weighted by atomic mass is 35.5. The molecule has 3 aromatic carbocycles. The number of hydrogen-bond acceptors (Lipinski definition) is 3. The van der Waals surface area contributed by atoms with Crippen molar-refractivity contribution < 1.29 is 28.3 Å². The van der Waals surface area contributed by atoms with Crippen LogP contribution in [0.25, 0.3) is 10.9 Å². The molecule has 0 spiro atoms. The van der Waals surface area contributed by atoms with Crippen LogP contribution in [0.3, 0.4) is 0 Å². The number of carboxylic acid groups (broad SMARTS) is 1. The van der Waals surface area contributed by atoms with E-state index in [9.17, 15) is 28.3 Å². The molecule has 1 atom stereocenters. The Bertz CT molecular complexity index is 1470. The lowest BCUT2D eigenvalue weighted by Gasteiger charge is -2.17. The summed E-state index contributed by atoms with van der Waals surface area (Å²) in [5.41, 5.74) is 0.844. The number of aromatic amines is 1. The zero-order chi connectivity index (χ0) is 25.8. The quantitative estimate of drug-likeness (QED) is 0.234. The van der Waals surface area contributed by atoms with Gasteiger partial charge in [-0.1, -0.05) is 41.9 Å². The minimum absolute atomic E-state index is 0.0789. The van der Waals surface area contributed by atoms with Crippen molar-refractivity contribution in [2.75, 3.05) is 10.6 Å². The summed E-state index contributed by atoms with van der Waals surface area (Å²) >= 11 is 6.01. The Balaban J connectivity index is 1.56. The van der Waals surface area contributed by atoms with E-state index in [1.54, 1.807) is 30.5 Å². The summed E-state index contributed by atoms with van der Waals surface area (Å²) < 4.78 is 28.0. The van der Waals surface area contributed by atoms with Gasteiger partial charge in [0.2, 0.25) is 0 Å². The fourth-order valence-electron chi connectivity index (χ4n) is 3.63. The highest BCUT2D eigenvalue weighted by Gasteiger charge is 2.25. The first kappa shape index (κ1) is 24.7. The van der Waals surface area contributed by atoms with E-state index >= 15 is 0 Å². The van der Waals surface area contributed by atoms with Gasteiger partial charge >= 0.3 is 12.0 Å². The summed E-state index contributed by atoms with van der Waals surface area (Å²) in [5.74, 6) is -5.01. The fourth-order valence-corrected chi connectivity index (χ4v) is 3.82. The van der Waals surface area contributed by atoms with Crippen LogP contribution in [0.2, 0.25) is 5.02 Å². The monoisotopic (exact) mass is 512 g/mol. The molecule has 0 saturated carbocycles. The Morgan fingerprint density at radius 3 is 2.36 bits per heavy atom. The highest BCUT2D eigenvalue weighted by molar-refractivity contribution is 6.33. The molecular weight excluding hydrogens is 494 g/mol. The van der Waals surface area contributed by atoms with Gasteiger partial charge in [0.15, 0.2) is 11.6 Å². The summed E-state index contributed by atoms with van der Waals surface area (Å²) in [5, 5.41) is 17.7. The molecule has 0 bridgehead atoms. The highest BCUT2D eigenvalue weighted by Crippen LogP contribution is 2.24. The number of H-pyrrole nitrogens is 1. The van der Waals surface area contributed by atoms with Crippen molar-refractivity contribution in [2.45, 2.75) is 12.5 Å². The van der Waals surface area contributed by atoms with Crippen molar-refractivity contribution in [1.82, 2.24) is 10.3 Å². The van der Waals surface area contributed by atoms with E-state index in [1.807, 2.05) is 12.1 Å². The molecule has 5 N–H and O–H groups in total. The van der Waals surface area contributed by atoms with E-state index in [0.717, 1.165) is 10.9 Å². The maximum atomic E-state index is 14.0. The first-order valence-corrected chi connectivity index (χ1v) is 11.0. The molecule has 3 amide bonds. The molecule has 11 heteroatoms. The third-order valence-electron chi connectivity index (χ3n) is 5.38. The number of fused-ring (bicyclic) bond motifs is 1. The Labute approximate surface area is 208 Å². The average Bonchev–Trinajstić information content (AvgIpc) is 3.25. The Morgan fingerprint density at radius 2 is 1.61 bits per heavy atom. The zero-order valence-corrected chi connectivity index (χ0v) is 19.2. The van der Waals surface area contributed by atoms with E-state index in [0.29, 0.717) is 17.7 Å². The molecular formula is C25H19ClF2N4O4. The first-order chi connectivity index (χ1) is 17.2. The van der Waals surface area contributed by atoms with Crippen LogP contribution < -0.4 is 16.0 Å². The molecule has 0 radical (unpaired) electrons. The van der Waals surface area contributed by atoms with E-state index in [2.05, 4.69) is 20.9 Å². The topological polar surface area (TPSA) is 123 Å². The lowest BCUT2D eigenvalue weighted by Crippen LogP contribution is -2.42. The molecule has 36 heavy (non-hydrogen) atoms. The second-order valence-electron chi connectivity index (χ2n) is 7.80. The lowest BCUT2D eigenvalue weighted by atomic mass is 10.0. The number of amides is 3. The van der Waals surface area contributed by atoms with Gasteiger partial charge in [-0.3, -0.25) is 4.79 Å². The van der Waals surface area contributed by atoms with Crippen molar-refractivity contribution in [3.05, 3.63) is 94.6 Å². The van der Waals surface area contributed by atoms with Crippen LogP contribution in [0.4, 0.5) is 25.0 Å². The molecule has 4 rings (SSSR count). The summed E-state index contributed by atoms with van der Waals surface area (Å²) in [6.45, 7) is 0. The van der Waals surface area contributed by atoms with E-state index in [-0.39, 0.29) is 22.8 Å². The summed E-state index contributed by atoms with van der Waals surface area (Å²) in [6.07, 6.45) is 1.56. The molecule has 184 valence electrons. The first-order valence-electron chi connectivity index (χ1n) is 10.6. The van der Waals surface area contributed by atoms with Crippen molar-refractivity contribution in [3.63, 3.8) is 0 Å². The van der Waals surface area contributed by atoms with Gasteiger partial charge in [0.05, 0.1) is 22.0 Å². The van der Waals surface area contributed by atoms with E-state index in [1.165, 1.54) is 12.1 Å². The number of aromatic nitrogens is 1. The molecule has 8 nitrogen and oxygen atoms in total. The predicted octanol–water partition coefficient (Wildman–Crippen LogP) is 5.17. The molecule has 0 fully saturated rings. The van der Waals surface area contributed by atoms with Gasteiger partial charge in [-0.2, -0.15) is 0 Å². The predicted molar refractivity (Wildman–Crippen MR) is 131 cm³/mol. The number of nitrogens with one attached hydrogen (secondary N) is 4. The van der Waals surface area contributed by atoms with Crippen LogP contribution >= 0.6 is 11.6 Å². The van der Waals surface area contributed by atoms with Crippen molar-refractivity contribution in [1.29, 1.82) is 0 Å². The van der Waals surface area contributed by atoms with Gasteiger partial charge in [-0.25, -0.2) is 18.4 Å². The fraction of sp³-hybridized carbons (Fsp3) is 0.0800. The third-order valence-corrected chi connectivity index (χ3v) is 5.71. The Morgan fingerprint density at radius 1 is 0.944 bits per heavy atom. The number of para-hydroxylation sites is 2. The molecule has 0 saturated heterocycles. The van der Waals surface area contributed by atoms with Crippen LogP contribution in [0.1, 0.15) is 15.9 Å². The van der Waals surface area contributed by atoms with Gasteiger partial charge in [0.1, 0.15) is 6.04 Å².